The maximum Gasteiger partial charge on any atom is 0.306 e. The minimum absolute atomic E-state index is 0.0536. The number of carbonyl (C=O) groups excluding carboxylic acids is 3. The van der Waals surface area contributed by atoms with E-state index in [1.807, 2.05) is 0 Å². The van der Waals surface area contributed by atoms with Crippen LogP contribution in [-0.2, 0) is 23.9 Å². The summed E-state index contributed by atoms with van der Waals surface area (Å²) in [7, 11) is 0. The predicted octanol–water partition coefficient (Wildman–Crippen LogP) is 4.11. The van der Waals surface area contributed by atoms with E-state index < -0.39 is 11.9 Å². The summed E-state index contributed by atoms with van der Waals surface area (Å²) in [5, 5.41) is 8.84. The first-order chi connectivity index (χ1) is 14.7. The Kier molecular flexibility index (Phi) is 5.86. The van der Waals surface area contributed by atoms with E-state index in [1.54, 1.807) is 13.0 Å². The van der Waals surface area contributed by atoms with Crippen LogP contribution in [0.4, 0.5) is 0 Å². The van der Waals surface area contributed by atoms with Crippen molar-refractivity contribution in [2.24, 2.45) is 34.5 Å². The van der Waals surface area contributed by atoms with Gasteiger partial charge in [0.25, 0.3) is 0 Å². The van der Waals surface area contributed by atoms with Crippen LogP contribution in [0.3, 0.4) is 0 Å². The Bertz CT molecular complexity index is 828. The monoisotopic (exact) mass is 430 g/mol. The molecule has 0 amide bonds. The molecule has 0 radical (unpaired) electrons. The van der Waals surface area contributed by atoms with Crippen molar-refractivity contribution in [3.05, 3.63) is 11.6 Å². The number of esters is 1. The minimum atomic E-state index is -1.01. The molecule has 1 N–H and O–H groups in total. The third-order valence-electron chi connectivity index (χ3n) is 9.21. The number of rotatable bonds is 6. The molecule has 4 aliphatic carbocycles. The summed E-state index contributed by atoms with van der Waals surface area (Å²) in [5.74, 6) is 0.442. The lowest BCUT2D eigenvalue weighted by Gasteiger charge is -2.58. The number of aliphatic carboxylic acids is 1. The number of carboxylic acid groups (broad SMARTS) is 1. The number of hydrogen-bond acceptors (Lipinski definition) is 5. The normalized spacial score (nSPS) is 39.0. The van der Waals surface area contributed by atoms with Gasteiger partial charge in [0.1, 0.15) is 12.4 Å². The van der Waals surface area contributed by atoms with Crippen molar-refractivity contribution in [2.75, 3.05) is 6.61 Å². The quantitative estimate of drug-likeness (QED) is 0.637. The summed E-state index contributed by atoms with van der Waals surface area (Å²) in [5.41, 5.74) is 0.865. The molecule has 0 bridgehead atoms. The first-order valence-corrected chi connectivity index (χ1v) is 11.8. The summed E-state index contributed by atoms with van der Waals surface area (Å²) in [6, 6.07) is 0. The van der Waals surface area contributed by atoms with E-state index in [2.05, 4.69) is 6.92 Å². The highest BCUT2D eigenvalue weighted by Crippen LogP contribution is 2.66. The van der Waals surface area contributed by atoms with E-state index in [-0.39, 0.29) is 42.0 Å². The van der Waals surface area contributed by atoms with Crippen molar-refractivity contribution < 1.29 is 29.0 Å². The SMILES string of the molecule is CC(=O)C1CCC2C3CCC4=CC(=O)CCC4(COC(=O)CCC(=O)O)C3CCC12C. The molecule has 6 atom stereocenters. The van der Waals surface area contributed by atoms with Crippen LogP contribution in [0.5, 0.6) is 0 Å². The number of fused-ring (bicyclic) bond motifs is 5. The van der Waals surface area contributed by atoms with Crippen molar-refractivity contribution in [2.45, 2.75) is 78.1 Å². The standard InChI is InChI=1S/C25H34O6/c1-15(26)19-5-6-20-18-4-3-16-13-17(27)9-12-25(16,21(18)10-11-24(19,20)2)14-31-23(30)8-7-22(28)29/h13,18-21H,3-12,14H2,1-2H3,(H,28,29). The van der Waals surface area contributed by atoms with Gasteiger partial charge in [-0.25, -0.2) is 0 Å². The second-order valence-corrected chi connectivity index (χ2v) is 10.5. The number of Topliss-reactive ketones (excluding diaryl/α,β-unsaturated/α-hetero) is 1. The predicted molar refractivity (Wildman–Crippen MR) is 113 cm³/mol. The molecule has 0 saturated heterocycles. The number of ether oxygens (including phenoxy) is 1. The lowest BCUT2D eigenvalue weighted by Crippen LogP contribution is -2.53. The molecule has 0 aliphatic heterocycles. The van der Waals surface area contributed by atoms with E-state index in [1.165, 1.54) is 0 Å². The topological polar surface area (TPSA) is 97.7 Å². The van der Waals surface area contributed by atoms with Crippen molar-refractivity contribution in [1.82, 2.24) is 0 Å². The average Bonchev–Trinajstić information content (AvgIpc) is 3.08. The van der Waals surface area contributed by atoms with Crippen molar-refractivity contribution in [3.63, 3.8) is 0 Å². The van der Waals surface area contributed by atoms with Crippen LogP contribution >= 0.6 is 0 Å². The van der Waals surface area contributed by atoms with Gasteiger partial charge in [0.05, 0.1) is 12.8 Å². The first kappa shape index (κ1) is 22.2. The van der Waals surface area contributed by atoms with Gasteiger partial charge in [-0.15, -0.1) is 0 Å². The molecule has 0 aromatic heterocycles. The molecular weight excluding hydrogens is 396 g/mol. The largest absolute Gasteiger partial charge is 0.481 e. The number of hydrogen-bond donors (Lipinski definition) is 1. The summed E-state index contributed by atoms with van der Waals surface area (Å²) in [6.07, 6.45) is 8.52. The van der Waals surface area contributed by atoms with Crippen molar-refractivity contribution in [1.29, 1.82) is 0 Å². The van der Waals surface area contributed by atoms with Gasteiger partial charge in [0.15, 0.2) is 5.78 Å². The van der Waals surface area contributed by atoms with Crippen molar-refractivity contribution >= 4 is 23.5 Å². The molecule has 3 fully saturated rings. The third-order valence-corrected chi connectivity index (χ3v) is 9.21. The van der Waals surface area contributed by atoms with E-state index in [9.17, 15) is 19.2 Å². The van der Waals surface area contributed by atoms with Gasteiger partial charge < -0.3 is 9.84 Å². The molecule has 0 aromatic rings. The lowest BCUT2D eigenvalue weighted by molar-refractivity contribution is -0.155. The smallest absolute Gasteiger partial charge is 0.306 e. The van der Waals surface area contributed by atoms with Gasteiger partial charge >= 0.3 is 11.9 Å². The number of carbonyl (C=O) groups is 4. The second-order valence-electron chi connectivity index (χ2n) is 10.5. The van der Waals surface area contributed by atoms with E-state index >= 15 is 0 Å². The van der Waals surface area contributed by atoms with E-state index in [4.69, 9.17) is 9.84 Å². The third kappa shape index (κ3) is 3.76. The Balaban J connectivity index is 1.59. The van der Waals surface area contributed by atoms with Gasteiger partial charge in [0, 0.05) is 17.8 Å². The maximum atomic E-state index is 12.3. The van der Waals surface area contributed by atoms with Crippen LogP contribution in [0.2, 0.25) is 0 Å². The molecular formula is C25H34O6. The van der Waals surface area contributed by atoms with Gasteiger partial charge in [0.2, 0.25) is 0 Å². The van der Waals surface area contributed by atoms with Crippen LogP contribution in [0.25, 0.3) is 0 Å². The van der Waals surface area contributed by atoms with E-state index in [0.717, 1.165) is 44.1 Å². The maximum absolute atomic E-state index is 12.3. The zero-order chi connectivity index (χ0) is 22.4. The second kappa shape index (κ2) is 8.18. The van der Waals surface area contributed by atoms with E-state index in [0.29, 0.717) is 36.4 Å². The Morgan fingerprint density at radius 2 is 1.84 bits per heavy atom. The summed E-state index contributed by atoms with van der Waals surface area (Å²) in [6.45, 7) is 4.28. The van der Waals surface area contributed by atoms with Gasteiger partial charge in [-0.2, -0.15) is 0 Å². The summed E-state index contributed by atoms with van der Waals surface area (Å²) >= 11 is 0. The Morgan fingerprint density at radius 1 is 1.06 bits per heavy atom. The molecule has 0 spiro atoms. The Hall–Kier alpha value is -1.98. The zero-order valence-electron chi connectivity index (χ0n) is 18.7. The van der Waals surface area contributed by atoms with Gasteiger partial charge in [-0.1, -0.05) is 12.5 Å². The molecule has 6 heteroatoms. The minimum Gasteiger partial charge on any atom is -0.481 e. The van der Waals surface area contributed by atoms with Crippen LogP contribution in [0, 0.1) is 34.5 Å². The fourth-order valence-electron chi connectivity index (χ4n) is 7.79. The molecule has 6 unspecified atom stereocenters. The highest BCUT2D eigenvalue weighted by molar-refractivity contribution is 5.91. The van der Waals surface area contributed by atoms with Crippen molar-refractivity contribution in [3.8, 4) is 0 Å². The molecule has 4 rings (SSSR count). The fourth-order valence-corrected chi connectivity index (χ4v) is 7.79. The molecule has 3 saturated carbocycles. The molecule has 6 nitrogen and oxygen atoms in total. The Morgan fingerprint density at radius 3 is 2.55 bits per heavy atom. The molecule has 31 heavy (non-hydrogen) atoms. The van der Waals surface area contributed by atoms with Crippen LogP contribution in [0.1, 0.15) is 78.1 Å². The van der Waals surface area contributed by atoms with Gasteiger partial charge in [-0.3, -0.25) is 19.2 Å². The number of carboxylic acids is 1. The van der Waals surface area contributed by atoms with Gasteiger partial charge in [-0.05, 0) is 81.1 Å². The molecule has 0 heterocycles. The highest BCUT2D eigenvalue weighted by Gasteiger charge is 2.61. The van der Waals surface area contributed by atoms with Crippen LogP contribution < -0.4 is 0 Å². The average molecular weight is 431 g/mol. The Labute approximate surface area is 183 Å². The lowest BCUT2D eigenvalue weighted by atomic mass is 9.46. The molecule has 0 aromatic carbocycles. The first-order valence-electron chi connectivity index (χ1n) is 11.8. The summed E-state index contributed by atoms with van der Waals surface area (Å²) < 4.78 is 5.66. The fraction of sp³-hybridized carbons (Fsp3) is 0.760. The molecule has 170 valence electrons. The molecule has 4 aliphatic rings. The summed E-state index contributed by atoms with van der Waals surface area (Å²) in [4.78, 5) is 47.6. The highest BCUT2D eigenvalue weighted by atomic mass is 16.5. The van der Waals surface area contributed by atoms with Crippen LogP contribution in [-0.4, -0.2) is 35.2 Å². The number of ketones is 2. The van der Waals surface area contributed by atoms with Crippen LogP contribution in [0.15, 0.2) is 11.6 Å². The zero-order valence-corrected chi connectivity index (χ0v) is 18.7.